The standard InChI is InChI=1S/C13H13FN2O3S/c1-9-2-4-11(6-12(9)14)16-20(18,19)13-5-3-10(8-17)7-15-13/h2-7,16-17H,8H2,1H3. The molecule has 106 valence electrons. The van der Waals surface area contributed by atoms with E-state index in [1.54, 1.807) is 6.92 Å². The van der Waals surface area contributed by atoms with Gasteiger partial charge in [-0.1, -0.05) is 12.1 Å². The van der Waals surface area contributed by atoms with Crippen molar-refractivity contribution in [1.82, 2.24) is 4.98 Å². The van der Waals surface area contributed by atoms with Crippen LogP contribution in [0.15, 0.2) is 41.6 Å². The van der Waals surface area contributed by atoms with E-state index in [-0.39, 0.29) is 17.3 Å². The first kappa shape index (κ1) is 14.4. The fraction of sp³-hybridized carbons (Fsp3) is 0.154. The van der Waals surface area contributed by atoms with E-state index in [2.05, 4.69) is 9.71 Å². The summed E-state index contributed by atoms with van der Waals surface area (Å²) in [5.41, 5.74) is 1.06. The Bertz CT molecular complexity index is 715. The first-order chi connectivity index (χ1) is 9.42. The molecule has 0 saturated carbocycles. The van der Waals surface area contributed by atoms with Crippen LogP contribution in [-0.2, 0) is 16.6 Å². The Balaban J connectivity index is 2.27. The second-order valence-electron chi connectivity index (χ2n) is 4.23. The summed E-state index contributed by atoms with van der Waals surface area (Å²) in [5.74, 6) is -0.492. The van der Waals surface area contributed by atoms with Crippen molar-refractivity contribution >= 4 is 15.7 Å². The zero-order chi connectivity index (χ0) is 14.8. The van der Waals surface area contributed by atoms with Crippen molar-refractivity contribution in [3.05, 3.63) is 53.5 Å². The van der Waals surface area contributed by atoms with E-state index >= 15 is 0 Å². The van der Waals surface area contributed by atoms with Gasteiger partial charge in [-0.15, -0.1) is 0 Å². The first-order valence-corrected chi connectivity index (χ1v) is 7.25. The molecule has 0 atom stereocenters. The van der Waals surface area contributed by atoms with Crippen molar-refractivity contribution in [2.45, 2.75) is 18.6 Å². The number of hydrogen-bond acceptors (Lipinski definition) is 4. The Morgan fingerprint density at radius 2 is 2.05 bits per heavy atom. The molecule has 2 N–H and O–H groups in total. The third-order valence-corrected chi connectivity index (χ3v) is 3.98. The summed E-state index contributed by atoms with van der Waals surface area (Å²) in [4.78, 5) is 3.75. The molecule has 1 aromatic carbocycles. The Morgan fingerprint density at radius 3 is 2.60 bits per heavy atom. The smallest absolute Gasteiger partial charge is 0.279 e. The topological polar surface area (TPSA) is 79.3 Å². The van der Waals surface area contributed by atoms with Gasteiger partial charge >= 0.3 is 0 Å². The predicted octanol–water partition coefficient (Wildman–Crippen LogP) is 1.82. The van der Waals surface area contributed by atoms with Crippen LogP contribution in [0.2, 0.25) is 0 Å². The molecule has 0 bridgehead atoms. The second kappa shape index (κ2) is 5.56. The average Bonchev–Trinajstić information content (AvgIpc) is 2.43. The Labute approximate surface area is 116 Å². The largest absolute Gasteiger partial charge is 0.392 e. The number of rotatable bonds is 4. The highest BCUT2D eigenvalue weighted by molar-refractivity contribution is 7.92. The van der Waals surface area contributed by atoms with Crippen molar-refractivity contribution in [2.75, 3.05) is 4.72 Å². The highest BCUT2D eigenvalue weighted by atomic mass is 32.2. The number of pyridine rings is 1. The molecule has 2 rings (SSSR count). The third-order valence-electron chi connectivity index (χ3n) is 2.68. The van der Waals surface area contributed by atoms with Crippen molar-refractivity contribution in [3.8, 4) is 0 Å². The van der Waals surface area contributed by atoms with Crippen LogP contribution in [0, 0.1) is 12.7 Å². The van der Waals surface area contributed by atoms with Crippen LogP contribution in [0.3, 0.4) is 0 Å². The molecule has 0 amide bonds. The molecule has 5 nitrogen and oxygen atoms in total. The number of aliphatic hydroxyl groups is 1. The van der Waals surface area contributed by atoms with Crippen LogP contribution >= 0.6 is 0 Å². The molecular formula is C13H13FN2O3S. The Kier molecular flexibility index (Phi) is 4.01. The molecule has 1 aromatic heterocycles. The van der Waals surface area contributed by atoms with Crippen LogP contribution in [0.1, 0.15) is 11.1 Å². The van der Waals surface area contributed by atoms with E-state index in [1.165, 1.54) is 30.5 Å². The number of anilines is 1. The summed E-state index contributed by atoms with van der Waals surface area (Å²) >= 11 is 0. The lowest BCUT2D eigenvalue weighted by Gasteiger charge is -2.08. The molecule has 0 radical (unpaired) electrons. The molecule has 0 spiro atoms. The minimum Gasteiger partial charge on any atom is -0.392 e. The molecule has 0 aliphatic heterocycles. The molecule has 0 aliphatic carbocycles. The Hall–Kier alpha value is -1.99. The van der Waals surface area contributed by atoms with Crippen molar-refractivity contribution in [2.24, 2.45) is 0 Å². The molecule has 0 aliphatic rings. The summed E-state index contributed by atoms with van der Waals surface area (Å²) in [6, 6.07) is 6.79. The maximum atomic E-state index is 13.4. The number of halogens is 1. The number of sulfonamides is 1. The second-order valence-corrected chi connectivity index (χ2v) is 5.86. The van der Waals surface area contributed by atoms with E-state index in [1.807, 2.05) is 0 Å². The van der Waals surface area contributed by atoms with Gasteiger partial charge in [-0.3, -0.25) is 4.72 Å². The highest BCUT2D eigenvalue weighted by Gasteiger charge is 2.16. The van der Waals surface area contributed by atoms with E-state index in [4.69, 9.17) is 5.11 Å². The maximum Gasteiger partial charge on any atom is 0.279 e. The summed E-state index contributed by atoms with van der Waals surface area (Å²) in [5, 5.41) is 8.68. The lowest BCUT2D eigenvalue weighted by molar-refractivity contribution is 0.281. The molecule has 20 heavy (non-hydrogen) atoms. The summed E-state index contributed by atoms with van der Waals surface area (Å²) in [7, 11) is -3.88. The van der Waals surface area contributed by atoms with Crippen LogP contribution in [-0.4, -0.2) is 18.5 Å². The lowest BCUT2D eigenvalue weighted by atomic mass is 10.2. The average molecular weight is 296 g/mol. The molecule has 0 unspecified atom stereocenters. The van der Waals surface area contributed by atoms with Gasteiger partial charge < -0.3 is 5.11 Å². The van der Waals surface area contributed by atoms with Gasteiger partial charge in [0.05, 0.1) is 12.3 Å². The van der Waals surface area contributed by atoms with Crippen molar-refractivity contribution < 1.29 is 17.9 Å². The monoisotopic (exact) mass is 296 g/mol. The van der Waals surface area contributed by atoms with Gasteiger partial charge in [-0.05, 0) is 36.2 Å². The highest BCUT2D eigenvalue weighted by Crippen LogP contribution is 2.17. The number of aliphatic hydroxyl groups excluding tert-OH is 1. The first-order valence-electron chi connectivity index (χ1n) is 5.77. The number of nitrogens with zero attached hydrogens (tertiary/aromatic N) is 1. The summed E-state index contributed by atoms with van der Waals surface area (Å²) < 4.78 is 39.7. The van der Waals surface area contributed by atoms with Crippen LogP contribution in [0.5, 0.6) is 0 Å². The van der Waals surface area contributed by atoms with Gasteiger partial charge in [0.15, 0.2) is 5.03 Å². The van der Waals surface area contributed by atoms with Gasteiger partial charge in [0.25, 0.3) is 10.0 Å². The van der Waals surface area contributed by atoms with Crippen LogP contribution in [0.25, 0.3) is 0 Å². The molecule has 0 fully saturated rings. The van der Waals surface area contributed by atoms with Crippen LogP contribution < -0.4 is 4.72 Å². The van der Waals surface area contributed by atoms with E-state index < -0.39 is 15.8 Å². The van der Waals surface area contributed by atoms with Gasteiger partial charge in [0.1, 0.15) is 5.82 Å². The predicted molar refractivity (Wildman–Crippen MR) is 72.1 cm³/mol. The zero-order valence-corrected chi connectivity index (χ0v) is 11.5. The molecule has 1 heterocycles. The number of nitrogens with one attached hydrogen (secondary N) is 1. The van der Waals surface area contributed by atoms with E-state index in [0.717, 1.165) is 6.07 Å². The van der Waals surface area contributed by atoms with Gasteiger partial charge in [0.2, 0.25) is 0 Å². The SMILES string of the molecule is Cc1ccc(NS(=O)(=O)c2ccc(CO)cn2)cc1F. The lowest BCUT2D eigenvalue weighted by Crippen LogP contribution is -2.14. The number of benzene rings is 1. The molecule has 7 heteroatoms. The van der Waals surface area contributed by atoms with E-state index in [0.29, 0.717) is 11.1 Å². The number of aryl methyl sites for hydroxylation is 1. The Morgan fingerprint density at radius 1 is 1.30 bits per heavy atom. The fourth-order valence-corrected chi connectivity index (χ4v) is 2.51. The molecular weight excluding hydrogens is 283 g/mol. The van der Waals surface area contributed by atoms with Gasteiger partial charge in [-0.2, -0.15) is 8.42 Å². The normalized spacial score (nSPS) is 11.3. The number of aromatic nitrogens is 1. The number of hydrogen-bond donors (Lipinski definition) is 2. The zero-order valence-electron chi connectivity index (χ0n) is 10.7. The van der Waals surface area contributed by atoms with Gasteiger partial charge in [-0.25, -0.2) is 9.37 Å². The third kappa shape index (κ3) is 3.12. The minimum atomic E-state index is -3.88. The molecule has 0 saturated heterocycles. The maximum absolute atomic E-state index is 13.4. The summed E-state index contributed by atoms with van der Waals surface area (Å²) in [6.45, 7) is 1.37. The molecule has 2 aromatic rings. The van der Waals surface area contributed by atoms with E-state index in [9.17, 15) is 12.8 Å². The van der Waals surface area contributed by atoms with Crippen LogP contribution in [0.4, 0.5) is 10.1 Å². The minimum absolute atomic E-state index is 0.126. The quantitative estimate of drug-likeness (QED) is 0.902. The fourth-order valence-electron chi connectivity index (χ4n) is 1.53. The summed E-state index contributed by atoms with van der Waals surface area (Å²) in [6.07, 6.45) is 1.27. The van der Waals surface area contributed by atoms with Gasteiger partial charge in [0, 0.05) is 6.20 Å². The van der Waals surface area contributed by atoms with Crippen molar-refractivity contribution in [3.63, 3.8) is 0 Å². The van der Waals surface area contributed by atoms with Crippen molar-refractivity contribution in [1.29, 1.82) is 0 Å².